The number of rotatable bonds is 6. The number of carbonyl (C=O) groups is 1. The molecule has 0 saturated heterocycles. The maximum absolute atomic E-state index is 13.5. The summed E-state index contributed by atoms with van der Waals surface area (Å²) in [5.41, 5.74) is 0.992. The molecule has 3 rings (SSSR count). The van der Waals surface area contributed by atoms with Gasteiger partial charge in [0.15, 0.2) is 11.6 Å². The van der Waals surface area contributed by atoms with Gasteiger partial charge in [0.1, 0.15) is 18.2 Å². The minimum Gasteiger partial charge on any atom is -0.486 e. The van der Waals surface area contributed by atoms with Gasteiger partial charge in [-0.2, -0.15) is 0 Å². The third kappa shape index (κ3) is 4.19. The highest BCUT2D eigenvalue weighted by molar-refractivity contribution is 5.94. The fourth-order valence-corrected chi connectivity index (χ4v) is 2.75. The van der Waals surface area contributed by atoms with Crippen molar-refractivity contribution >= 4 is 5.91 Å². The van der Waals surface area contributed by atoms with Crippen LogP contribution in [0, 0.1) is 11.6 Å². The summed E-state index contributed by atoms with van der Waals surface area (Å²) < 4.78 is 34.1. The Balaban J connectivity index is 1.66. The molecule has 0 radical (unpaired) electrons. The van der Waals surface area contributed by atoms with Crippen LogP contribution < -0.4 is 4.74 Å². The van der Waals surface area contributed by atoms with E-state index in [0.29, 0.717) is 23.5 Å². The highest BCUT2D eigenvalue weighted by atomic mass is 19.2. The summed E-state index contributed by atoms with van der Waals surface area (Å²) in [6.45, 7) is 2.08. The Morgan fingerprint density at radius 1 is 1.18 bits per heavy atom. The molecule has 0 aliphatic rings. The number of ether oxygens (including phenoxy) is 1. The molecule has 0 saturated carbocycles. The molecule has 1 heterocycles. The molecule has 0 N–H and O–H groups in total. The number of hydrogen-bond acceptors (Lipinski definition) is 3. The molecule has 0 fully saturated rings. The summed E-state index contributed by atoms with van der Waals surface area (Å²) >= 11 is 0. The van der Waals surface area contributed by atoms with Gasteiger partial charge in [0, 0.05) is 32.1 Å². The van der Waals surface area contributed by atoms with E-state index < -0.39 is 17.7 Å². The van der Waals surface area contributed by atoms with E-state index in [2.05, 4.69) is 4.98 Å². The number of aromatic nitrogens is 2. The molecule has 28 heavy (non-hydrogen) atoms. The van der Waals surface area contributed by atoms with Crippen LogP contribution in [0.5, 0.6) is 5.75 Å². The maximum Gasteiger partial charge on any atom is 0.254 e. The van der Waals surface area contributed by atoms with Crippen molar-refractivity contribution in [3.63, 3.8) is 0 Å². The lowest BCUT2D eigenvalue weighted by Gasteiger charge is -2.25. The summed E-state index contributed by atoms with van der Waals surface area (Å²) in [6.07, 6.45) is 3.54. The summed E-state index contributed by atoms with van der Waals surface area (Å²) in [4.78, 5) is 18.4. The number of amides is 1. The Bertz CT molecular complexity index is 970. The van der Waals surface area contributed by atoms with E-state index in [1.54, 1.807) is 44.4 Å². The van der Waals surface area contributed by atoms with E-state index in [-0.39, 0.29) is 5.91 Å². The van der Waals surface area contributed by atoms with Crippen LogP contribution in [-0.2, 0) is 13.7 Å². The van der Waals surface area contributed by atoms with Crippen molar-refractivity contribution in [2.24, 2.45) is 7.05 Å². The zero-order chi connectivity index (χ0) is 20.3. The second kappa shape index (κ2) is 8.21. The lowest BCUT2D eigenvalue weighted by molar-refractivity contribution is 0.0742. The Morgan fingerprint density at radius 3 is 2.50 bits per heavy atom. The van der Waals surface area contributed by atoms with Gasteiger partial charge in [-0.1, -0.05) is 6.07 Å². The first kappa shape index (κ1) is 19.5. The number of hydrogen-bond donors (Lipinski definition) is 0. The number of carbonyl (C=O) groups excluding carboxylic acids is 1. The van der Waals surface area contributed by atoms with E-state index in [0.717, 1.165) is 18.0 Å². The van der Waals surface area contributed by atoms with E-state index >= 15 is 0 Å². The van der Waals surface area contributed by atoms with Gasteiger partial charge in [-0.15, -0.1) is 0 Å². The average molecular weight is 385 g/mol. The number of benzene rings is 2. The summed E-state index contributed by atoms with van der Waals surface area (Å²) in [5, 5.41) is 0. The van der Waals surface area contributed by atoms with Crippen LogP contribution >= 0.6 is 0 Å². The number of aryl methyl sites for hydroxylation is 1. The molecule has 1 amide bonds. The first-order chi connectivity index (χ1) is 13.4. The number of halogens is 2. The monoisotopic (exact) mass is 385 g/mol. The average Bonchev–Trinajstić information content (AvgIpc) is 3.12. The van der Waals surface area contributed by atoms with Crippen molar-refractivity contribution < 1.29 is 18.3 Å². The van der Waals surface area contributed by atoms with Crippen LogP contribution in [0.2, 0.25) is 0 Å². The van der Waals surface area contributed by atoms with Crippen LogP contribution in [0.3, 0.4) is 0 Å². The molecule has 1 aromatic heterocycles. The molecule has 0 aliphatic carbocycles. The third-order valence-corrected chi connectivity index (χ3v) is 4.72. The van der Waals surface area contributed by atoms with E-state index in [4.69, 9.17) is 4.74 Å². The van der Waals surface area contributed by atoms with Gasteiger partial charge in [0.05, 0.1) is 6.04 Å². The predicted octanol–water partition coefficient (Wildman–Crippen LogP) is 4.11. The second-order valence-corrected chi connectivity index (χ2v) is 6.53. The molecule has 5 nitrogen and oxygen atoms in total. The molecule has 0 unspecified atom stereocenters. The van der Waals surface area contributed by atoms with Crippen molar-refractivity contribution in [3.8, 4) is 5.75 Å². The summed E-state index contributed by atoms with van der Waals surface area (Å²) in [6, 6.07) is 10.0. The fraction of sp³-hybridized carbons (Fsp3) is 0.238. The van der Waals surface area contributed by atoms with Gasteiger partial charge in [0.25, 0.3) is 5.91 Å². The van der Waals surface area contributed by atoms with Crippen molar-refractivity contribution in [2.45, 2.75) is 19.6 Å². The van der Waals surface area contributed by atoms with Crippen LogP contribution in [0.1, 0.15) is 34.7 Å². The maximum atomic E-state index is 13.5. The SMILES string of the molecule is C[C@H](c1ccc(F)c(F)c1)N(C)C(=O)c1ccc(OCc2nccn2C)cc1. The molecule has 3 aromatic rings. The van der Waals surface area contributed by atoms with Crippen LogP contribution in [0.4, 0.5) is 8.78 Å². The summed E-state index contributed by atoms with van der Waals surface area (Å²) in [5.74, 6) is -0.658. The zero-order valence-corrected chi connectivity index (χ0v) is 15.9. The quantitative estimate of drug-likeness (QED) is 0.642. The first-order valence-corrected chi connectivity index (χ1v) is 8.78. The molecule has 0 spiro atoms. The van der Waals surface area contributed by atoms with Crippen molar-refractivity contribution in [1.82, 2.24) is 14.5 Å². The van der Waals surface area contributed by atoms with Crippen molar-refractivity contribution in [2.75, 3.05) is 7.05 Å². The normalized spacial score (nSPS) is 11.9. The van der Waals surface area contributed by atoms with Crippen molar-refractivity contribution in [1.29, 1.82) is 0 Å². The van der Waals surface area contributed by atoms with Crippen LogP contribution in [0.15, 0.2) is 54.9 Å². The summed E-state index contributed by atoms with van der Waals surface area (Å²) in [7, 11) is 3.51. The molecule has 1 atom stereocenters. The minimum absolute atomic E-state index is 0.229. The van der Waals surface area contributed by atoms with Gasteiger partial charge >= 0.3 is 0 Å². The van der Waals surface area contributed by atoms with Crippen molar-refractivity contribution in [3.05, 3.63) is 83.4 Å². The largest absolute Gasteiger partial charge is 0.486 e. The fourth-order valence-electron chi connectivity index (χ4n) is 2.75. The number of nitrogens with zero attached hydrogens (tertiary/aromatic N) is 3. The van der Waals surface area contributed by atoms with Gasteiger partial charge in [-0.05, 0) is 48.9 Å². The third-order valence-electron chi connectivity index (χ3n) is 4.72. The number of imidazole rings is 1. The molecule has 7 heteroatoms. The first-order valence-electron chi connectivity index (χ1n) is 8.78. The Labute approximate surface area is 162 Å². The van der Waals surface area contributed by atoms with Gasteiger partial charge in [0.2, 0.25) is 0 Å². The molecule has 0 aliphatic heterocycles. The molecular formula is C21H21F2N3O2. The van der Waals surface area contributed by atoms with E-state index in [1.165, 1.54) is 11.0 Å². The highest BCUT2D eigenvalue weighted by Gasteiger charge is 2.20. The minimum atomic E-state index is -0.931. The predicted molar refractivity (Wildman–Crippen MR) is 101 cm³/mol. The van der Waals surface area contributed by atoms with Gasteiger partial charge in [-0.25, -0.2) is 13.8 Å². The Kier molecular flexibility index (Phi) is 5.73. The Morgan fingerprint density at radius 2 is 1.89 bits per heavy atom. The van der Waals surface area contributed by atoms with E-state index in [9.17, 15) is 13.6 Å². The molecule has 2 aromatic carbocycles. The smallest absolute Gasteiger partial charge is 0.254 e. The molecule has 0 bridgehead atoms. The van der Waals surface area contributed by atoms with Crippen LogP contribution in [0.25, 0.3) is 0 Å². The Hall–Kier alpha value is -3.22. The van der Waals surface area contributed by atoms with Crippen LogP contribution in [-0.4, -0.2) is 27.4 Å². The van der Waals surface area contributed by atoms with Gasteiger partial charge < -0.3 is 14.2 Å². The standard InChI is InChI=1S/C21H21F2N3O2/c1-14(16-6-9-18(22)19(23)12-16)26(3)21(27)15-4-7-17(8-5-15)28-13-20-24-10-11-25(20)2/h4-12,14H,13H2,1-3H3/t14-/m1/s1. The topological polar surface area (TPSA) is 47.4 Å². The van der Waals surface area contributed by atoms with E-state index in [1.807, 2.05) is 17.8 Å². The lowest BCUT2D eigenvalue weighted by atomic mass is 10.1. The molecular weight excluding hydrogens is 364 g/mol. The second-order valence-electron chi connectivity index (χ2n) is 6.53. The highest BCUT2D eigenvalue weighted by Crippen LogP contribution is 2.23. The van der Waals surface area contributed by atoms with Gasteiger partial charge in [-0.3, -0.25) is 4.79 Å². The zero-order valence-electron chi connectivity index (χ0n) is 15.9. The molecule has 146 valence electrons. The lowest BCUT2D eigenvalue weighted by Crippen LogP contribution is -2.29.